The highest BCUT2D eigenvalue weighted by molar-refractivity contribution is 5.86. The molecule has 7 heteroatoms. The number of benzene rings is 1. The third kappa shape index (κ3) is 4.66. The van der Waals surface area contributed by atoms with E-state index < -0.39 is 6.04 Å². The second-order valence-electron chi connectivity index (χ2n) is 8.64. The lowest BCUT2D eigenvalue weighted by atomic mass is 10.00. The molecule has 7 nitrogen and oxygen atoms in total. The number of aryl methyl sites for hydroxylation is 1. The van der Waals surface area contributed by atoms with Crippen LogP contribution in [0.15, 0.2) is 30.3 Å². The molecule has 1 N–H and O–H groups in total. The summed E-state index contributed by atoms with van der Waals surface area (Å²) in [5.41, 5.74) is 3.64. The van der Waals surface area contributed by atoms with Crippen LogP contribution in [0.4, 0.5) is 0 Å². The summed E-state index contributed by atoms with van der Waals surface area (Å²) in [5, 5.41) is 7.72. The summed E-state index contributed by atoms with van der Waals surface area (Å²) < 4.78 is 1.89. The van der Waals surface area contributed by atoms with Crippen molar-refractivity contribution >= 4 is 11.8 Å². The van der Waals surface area contributed by atoms with Crippen LogP contribution in [0, 0.1) is 13.8 Å². The molecule has 166 valence electrons. The molecule has 2 aromatic rings. The molecule has 0 radical (unpaired) electrons. The van der Waals surface area contributed by atoms with Gasteiger partial charge in [-0.1, -0.05) is 37.5 Å². The molecule has 1 aromatic heterocycles. The first-order valence-electron chi connectivity index (χ1n) is 11.5. The van der Waals surface area contributed by atoms with E-state index in [9.17, 15) is 9.59 Å². The molecule has 1 aromatic carbocycles. The molecule has 2 fully saturated rings. The zero-order valence-electron chi connectivity index (χ0n) is 18.6. The first kappa shape index (κ1) is 21.6. The number of rotatable bonds is 4. The highest BCUT2D eigenvalue weighted by Gasteiger charge is 2.37. The van der Waals surface area contributed by atoms with Gasteiger partial charge in [0.2, 0.25) is 11.8 Å². The minimum absolute atomic E-state index is 0.0504. The Morgan fingerprint density at radius 1 is 1.03 bits per heavy atom. The third-order valence-corrected chi connectivity index (χ3v) is 6.48. The van der Waals surface area contributed by atoms with Gasteiger partial charge in [-0.3, -0.25) is 14.5 Å². The van der Waals surface area contributed by atoms with Crippen molar-refractivity contribution in [3.8, 4) is 5.69 Å². The summed E-state index contributed by atoms with van der Waals surface area (Å²) in [6.45, 7) is 7.10. The molecule has 1 atom stereocenters. The Kier molecular flexibility index (Phi) is 6.70. The van der Waals surface area contributed by atoms with E-state index >= 15 is 0 Å². The first-order chi connectivity index (χ1) is 15.1. The number of amides is 2. The third-order valence-electron chi connectivity index (χ3n) is 6.48. The van der Waals surface area contributed by atoms with Crippen LogP contribution < -0.4 is 5.32 Å². The van der Waals surface area contributed by atoms with Gasteiger partial charge in [0.05, 0.1) is 17.9 Å². The number of hydrogen-bond acceptors (Lipinski definition) is 4. The molecular formula is C24H33N5O2. The van der Waals surface area contributed by atoms with Gasteiger partial charge in [-0.25, -0.2) is 4.68 Å². The maximum Gasteiger partial charge on any atom is 0.242 e. The zero-order valence-corrected chi connectivity index (χ0v) is 18.6. The molecular weight excluding hydrogens is 390 g/mol. The van der Waals surface area contributed by atoms with Gasteiger partial charge in [0.1, 0.15) is 6.04 Å². The molecule has 0 aliphatic carbocycles. The van der Waals surface area contributed by atoms with Crippen molar-refractivity contribution in [1.82, 2.24) is 24.9 Å². The Morgan fingerprint density at radius 3 is 2.42 bits per heavy atom. The summed E-state index contributed by atoms with van der Waals surface area (Å²) in [6.07, 6.45) is 5.78. The van der Waals surface area contributed by atoms with Crippen LogP contribution in [0.2, 0.25) is 0 Å². The Morgan fingerprint density at radius 2 is 1.71 bits per heavy atom. The molecule has 2 saturated heterocycles. The normalized spacial score (nSPS) is 20.8. The van der Waals surface area contributed by atoms with Gasteiger partial charge < -0.3 is 10.2 Å². The van der Waals surface area contributed by atoms with E-state index in [2.05, 4.69) is 5.32 Å². The predicted molar refractivity (Wildman–Crippen MR) is 120 cm³/mol. The van der Waals surface area contributed by atoms with Crippen molar-refractivity contribution in [3.63, 3.8) is 0 Å². The van der Waals surface area contributed by atoms with Crippen LogP contribution in [0.25, 0.3) is 5.69 Å². The van der Waals surface area contributed by atoms with E-state index in [-0.39, 0.29) is 18.4 Å². The molecule has 31 heavy (non-hydrogen) atoms. The summed E-state index contributed by atoms with van der Waals surface area (Å²) in [6, 6.07) is 9.45. The van der Waals surface area contributed by atoms with Gasteiger partial charge in [-0.2, -0.15) is 5.10 Å². The second kappa shape index (κ2) is 9.64. The molecule has 0 bridgehead atoms. The van der Waals surface area contributed by atoms with E-state index in [1.807, 2.05) is 58.7 Å². The van der Waals surface area contributed by atoms with Gasteiger partial charge >= 0.3 is 0 Å². The van der Waals surface area contributed by atoms with Crippen molar-refractivity contribution in [2.45, 2.75) is 52.0 Å². The highest BCUT2D eigenvalue weighted by atomic mass is 16.2. The maximum atomic E-state index is 13.1. The highest BCUT2D eigenvalue weighted by Crippen LogP contribution is 2.30. The van der Waals surface area contributed by atoms with Crippen LogP contribution >= 0.6 is 0 Å². The average molecular weight is 424 g/mol. The first-order valence-corrected chi connectivity index (χ1v) is 11.5. The van der Waals surface area contributed by atoms with Gasteiger partial charge in [0.15, 0.2) is 0 Å². The van der Waals surface area contributed by atoms with Crippen LogP contribution in [0.1, 0.15) is 55.1 Å². The van der Waals surface area contributed by atoms with E-state index in [0.717, 1.165) is 48.6 Å². The summed E-state index contributed by atoms with van der Waals surface area (Å²) in [4.78, 5) is 30.2. The van der Waals surface area contributed by atoms with Gasteiger partial charge in [0.25, 0.3) is 0 Å². The minimum Gasteiger partial charge on any atom is -0.353 e. The zero-order chi connectivity index (χ0) is 21.8. The number of piperazine rings is 1. The van der Waals surface area contributed by atoms with Crippen LogP contribution in [0.3, 0.4) is 0 Å². The smallest absolute Gasteiger partial charge is 0.242 e. The van der Waals surface area contributed by atoms with E-state index in [1.54, 1.807) is 0 Å². The molecule has 3 heterocycles. The molecule has 1 unspecified atom stereocenters. The lowest BCUT2D eigenvalue weighted by Crippen LogP contribution is -2.53. The summed E-state index contributed by atoms with van der Waals surface area (Å²) >= 11 is 0. The number of aromatic nitrogens is 2. The molecule has 0 saturated carbocycles. The standard InChI is InChI=1S/C24H33N5O2/c1-18-22(19(2)29(26-18)20-11-7-6-8-12-20)23-24(31)25-13-16-28(23)17-21(30)27-14-9-4-3-5-10-15-27/h6-8,11-12,23H,3-5,9-10,13-17H2,1-2H3,(H,25,31). The minimum atomic E-state index is -0.495. The molecule has 4 rings (SSSR count). The van der Waals surface area contributed by atoms with Gasteiger partial charge in [-0.15, -0.1) is 0 Å². The number of nitrogens with one attached hydrogen (secondary N) is 1. The summed E-state index contributed by atoms with van der Waals surface area (Å²) in [7, 11) is 0. The van der Waals surface area contributed by atoms with Crippen molar-refractivity contribution in [2.75, 3.05) is 32.7 Å². The maximum absolute atomic E-state index is 13.1. The largest absolute Gasteiger partial charge is 0.353 e. The van der Waals surface area contributed by atoms with Crippen LogP contribution in [-0.4, -0.2) is 64.1 Å². The van der Waals surface area contributed by atoms with Crippen LogP contribution in [0.5, 0.6) is 0 Å². The molecule has 2 aliphatic heterocycles. The van der Waals surface area contributed by atoms with Crippen molar-refractivity contribution < 1.29 is 9.59 Å². The Bertz CT molecular complexity index is 916. The fraction of sp³-hybridized carbons (Fsp3) is 0.542. The average Bonchev–Trinajstić information content (AvgIpc) is 3.03. The van der Waals surface area contributed by atoms with Crippen molar-refractivity contribution in [1.29, 1.82) is 0 Å². The number of likely N-dealkylation sites (tertiary alicyclic amines) is 1. The van der Waals surface area contributed by atoms with Crippen molar-refractivity contribution in [3.05, 3.63) is 47.3 Å². The number of nitrogens with zero attached hydrogens (tertiary/aromatic N) is 4. The molecule has 2 aliphatic rings. The Hall–Kier alpha value is -2.67. The Balaban J connectivity index is 1.59. The Labute approximate surface area is 184 Å². The number of carbonyl (C=O) groups is 2. The fourth-order valence-electron chi connectivity index (χ4n) is 4.84. The topological polar surface area (TPSA) is 70.5 Å². The number of hydrogen-bond donors (Lipinski definition) is 1. The lowest BCUT2D eigenvalue weighted by molar-refractivity contribution is -0.137. The second-order valence-corrected chi connectivity index (χ2v) is 8.64. The SMILES string of the molecule is Cc1nn(-c2ccccc2)c(C)c1C1C(=O)NCCN1CC(=O)N1CCCCCCC1. The molecule has 2 amide bonds. The van der Waals surface area contributed by atoms with Gasteiger partial charge in [0, 0.05) is 37.4 Å². The molecule has 0 spiro atoms. The van der Waals surface area contributed by atoms with Crippen LogP contribution in [-0.2, 0) is 9.59 Å². The fourth-order valence-corrected chi connectivity index (χ4v) is 4.84. The monoisotopic (exact) mass is 423 g/mol. The summed E-state index contributed by atoms with van der Waals surface area (Å²) in [5.74, 6) is 0.0814. The van der Waals surface area contributed by atoms with E-state index in [1.165, 1.54) is 19.3 Å². The predicted octanol–water partition coefficient (Wildman–Crippen LogP) is 2.75. The van der Waals surface area contributed by atoms with E-state index in [0.29, 0.717) is 13.1 Å². The lowest BCUT2D eigenvalue weighted by Gasteiger charge is -2.36. The van der Waals surface area contributed by atoms with Crippen molar-refractivity contribution in [2.24, 2.45) is 0 Å². The number of carbonyl (C=O) groups excluding carboxylic acids is 2. The van der Waals surface area contributed by atoms with E-state index in [4.69, 9.17) is 5.10 Å². The quantitative estimate of drug-likeness (QED) is 0.821. The van der Waals surface area contributed by atoms with Gasteiger partial charge in [-0.05, 0) is 38.8 Å². The number of para-hydroxylation sites is 1.